The molecular formula is C22H20ClN5O. The Bertz CT molecular complexity index is 1120. The summed E-state index contributed by atoms with van der Waals surface area (Å²) < 4.78 is 1.60. The highest BCUT2D eigenvalue weighted by molar-refractivity contribution is 6.32. The van der Waals surface area contributed by atoms with E-state index in [4.69, 9.17) is 11.6 Å². The van der Waals surface area contributed by atoms with Crippen molar-refractivity contribution in [3.05, 3.63) is 89.6 Å². The predicted molar refractivity (Wildman–Crippen MR) is 113 cm³/mol. The first-order valence-corrected chi connectivity index (χ1v) is 9.75. The normalized spacial score (nSPS) is 11.9. The van der Waals surface area contributed by atoms with Crippen molar-refractivity contribution in [1.82, 2.24) is 25.1 Å². The van der Waals surface area contributed by atoms with E-state index in [-0.39, 0.29) is 11.9 Å². The van der Waals surface area contributed by atoms with E-state index < -0.39 is 0 Å². The zero-order chi connectivity index (χ0) is 20.2. The summed E-state index contributed by atoms with van der Waals surface area (Å²) in [6.45, 7) is 2.00. The Balaban J connectivity index is 1.50. The quantitative estimate of drug-likeness (QED) is 0.484. The highest BCUT2D eigenvalue weighted by Gasteiger charge is 2.19. The number of nitrogens with zero attached hydrogens (tertiary/aromatic N) is 3. The van der Waals surface area contributed by atoms with E-state index in [0.29, 0.717) is 23.0 Å². The number of para-hydroxylation sites is 1. The molecular weight excluding hydrogens is 386 g/mol. The maximum absolute atomic E-state index is 12.7. The van der Waals surface area contributed by atoms with Crippen LogP contribution in [0.5, 0.6) is 0 Å². The second-order valence-corrected chi connectivity index (χ2v) is 6.99. The minimum Gasteiger partial charge on any atom is -0.341 e. The summed E-state index contributed by atoms with van der Waals surface area (Å²) >= 11 is 6.21. The summed E-state index contributed by atoms with van der Waals surface area (Å²) in [5.41, 5.74) is 3.00. The van der Waals surface area contributed by atoms with Gasteiger partial charge in [0.15, 0.2) is 5.69 Å². The second-order valence-electron chi connectivity index (χ2n) is 6.58. The number of amides is 1. The summed E-state index contributed by atoms with van der Waals surface area (Å²) in [6.07, 6.45) is 4.20. The fraction of sp³-hybridized carbons (Fsp3) is 0.136. The zero-order valence-electron chi connectivity index (χ0n) is 15.8. The Kier molecular flexibility index (Phi) is 5.44. The van der Waals surface area contributed by atoms with Crippen molar-refractivity contribution in [2.24, 2.45) is 0 Å². The van der Waals surface area contributed by atoms with E-state index in [9.17, 15) is 4.79 Å². The smallest absolute Gasteiger partial charge is 0.272 e. The van der Waals surface area contributed by atoms with Crippen molar-refractivity contribution in [3.63, 3.8) is 0 Å². The van der Waals surface area contributed by atoms with Crippen LogP contribution in [0.25, 0.3) is 16.9 Å². The Morgan fingerprint density at radius 3 is 2.66 bits per heavy atom. The summed E-state index contributed by atoms with van der Waals surface area (Å²) in [5.74, 6) is 0.450. The molecule has 2 N–H and O–H groups in total. The van der Waals surface area contributed by atoms with Gasteiger partial charge in [0.1, 0.15) is 5.82 Å². The maximum atomic E-state index is 12.7. The van der Waals surface area contributed by atoms with Crippen LogP contribution < -0.4 is 5.32 Å². The number of hydrogen-bond donors (Lipinski definition) is 2. The molecule has 0 saturated carbocycles. The molecule has 0 saturated heterocycles. The lowest BCUT2D eigenvalue weighted by atomic mass is 10.2. The van der Waals surface area contributed by atoms with E-state index in [1.807, 2.05) is 55.5 Å². The molecule has 2 aromatic heterocycles. The number of aromatic nitrogens is 4. The number of nitrogens with one attached hydrogen (secondary N) is 2. The van der Waals surface area contributed by atoms with Crippen LogP contribution in [0.2, 0.25) is 5.02 Å². The average Bonchev–Trinajstić information content (AvgIpc) is 3.43. The standard InChI is InChI=1S/C22H20ClN5O/c1-2-17(21-24-14-19(25-21)15-8-4-3-5-9-15)26-22(29)18-12-13-28(27-18)20-11-7-6-10-16(20)23/h3-14,17H,2H2,1H3,(H,24,25)(H,26,29). The molecule has 146 valence electrons. The van der Waals surface area contributed by atoms with Crippen molar-refractivity contribution in [2.75, 3.05) is 0 Å². The fourth-order valence-electron chi connectivity index (χ4n) is 3.09. The minimum atomic E-state index is -0.264. The van der Waals surface area contributed by atoms with Crippen LogP contribution in [-0.4, -0.2) is 25.7 Å². The molecule has 0 fully saturated rings. The zero-order valence-corrected chi connectivity index (χ0v) is 16.6. The Morgan fingerprint density at radius 1 is 1.14 bits per heavy atom. The Morgan fingerprint density at radius 2 is 1.90 bits per heavy atom. The van der Waals surface area contributed by atoms with Gasteiger partial charge in [0.25, 0.3) is 5.91 Å². The number of carbonyl (C=O) groups excluding carboxylic acids is 1. The summed E-state index contributed by atoms with van der Waals surface area (Å²) in [4.78, 5) is 20.5. The Hall–Kier alpha value is -3.38. The molecule has 2 heterocycles. The molecule has 2 aromatic carbocycles. The summed E-state index contributed by atoms with van der Waals surface area (Å²) in [5, 5.41) is 7.93. The molecule has 0 radical (unpaired) electrons. The number of rotatable bonds is 6. The lowest BCUT2D eigenvalue weighted by molar-refractivity contribution is 0.0928. The van der Waals surface area contributed by atoms with Gasteiger partial charge >= 0.3 is 0 Å². The van der Waals surface area contributed by atoms with Crippen LogP contribution in [0.1, 0.15) is 35.7 Å². The van der Waals surface area contributed by atoms with Crippen molar-refractivity contribution >= 4 is 17.5 Å². The van der Waals surface area contributed by atoms with Gasteiger partial charge in [-0.3, -0.25) is 4.79 Å². The number of hydrogen-bond acceptors (Lipinski definition) is 3. The molecule has 7 heteroatoms. The number of halogens is 1. The van der Waals surface area contributed by atoms with Gasteiger partial charge in [0, 0.05) is 6.20 Å². The van der Waals surface area contributed by atoms with E-state index >= 15 is 0 Å². The summed E-state index contributed by atoms with van der Waals surface area (Å²) in [7, 11) is 0. The third-order valence-corrected chi connectivity index (χ3v) is 4.96. The van der Waals surface area contributed by atoms with Gasteiger partial charge in [-0.25, -0.2) is 9.67 Å². The van der Waals surface area contributed by atoms with Crippen molar-refractivity contribution < 1.29 is 4.79 Å². The van der Waals surface area contributed by atoms with Crippen molar-refractivity contribution in [1.29, 1.82) is 0 Å². The van der Waals surface area contributed by atoms with Gasteiger partial charge in [0.05, 0.1) is 28.6 Å². The largest absolute Gasteiger partial charge is 0.341 e. The Labute approximate surface area is 173 Å². The molecule has 0 aliphatic rings. The predicted octanol–water partition coefficient (Wildman–Crippen LogP) is 4.80. The lowest BCUT2D eigenvalue weighted by Crippen LogP contribution is -2.29. The van der Waals surface area contributed by atoms with Gasteiger partial charge in [-0.2, -0.15) is 5.10 Å². The van der Waals surface area contributed by atoms with Gasteiger partial charge in [-0.15, -0.1) is 0 Å². The number of carbonyl (C=O) groups is 1. The highest BCUT2D eigenvalue weighted by Crippen LogP contribution is 2.22. The van der Waals surface area contributed by atoms with E-state index in [2.05, 4.69) is 20.4 Å². The van der Waals surface area contributed by atoms with Crippen LogP contribution in [0.15, 0.2) is 73.1 Å². The van der Waals surface area contributed by atoms with Gasteiger partial charge in [-0.05, 0) is 30.2 Å². The molecule has 4 rings (SSSR count). The third kappa shape index (κ3) is 4.07. The first-order valence-electron chi connectivity index (χ1n) is 9.37. The van der Waals surface area contributed by atoms with Crippen molar-refractivity contribution in [3.8, 4) is 16.9 Å². The van der Waals surface area contributed by atoms with E-state index in [1.54, 1.807) is 29.2 Å². The summed E-state index contributed by atoms with van der Waals surface area (Å²) in [6, 6.07) is 18.7. The molecule has 0 spiro atoms. The first-order chi connectivity index (χ1) is 14.2. The van der Waals surface area contributed by atoms with Crippen molar-refractivity contribution in [2.45, 2.75) is 19.4 Å². The molecule has 1 unspecified atom stereocenters. The third-order valence-electron chi connectivity index (χ3n) is 4.64. The second kappa shape index (κ2) is 8.32. The van der Waals surface area contributed by atoms with Gasteiger partial charge in [0.2, 0.25) is 0 Å². The molecule has 6 nitrogen and oxygen atoms in total. The number of imidazole rings is 1. The first kappa shape index (κ1) is 19.0. The number of aromatic amines is 1. The number of H-pyrrole nitrogens is 1. The molecule has 29 heavy (non-hydrogen) atoms. The van der Waals surface area contributed by atoms with Crippen LogP contribution in [-0.2, 0) is 0 Å². The molecule has 0 aliphatic heterocycles. The molecule has 0 bridgehead atoms. The van der Waals surface area contributed by atoms with Crippen LogP contribution in [0.4, 0.5) is 0 Å². The number of benzene rings is 2. The highest BCUT2D eigenvalue weighted by atomic mass is 35.5. The topological polar surface area (TPSA) is 75.6 Å². The molecule has 1 atom stereocenters. The minimum absolute atomic E-state index is 0.245. The van der Waals surface area contributed by atoms with Crippen LogP contribution in [0, 0.1) is 0 Å². The van der Waals surface area contributed by atoms with Crippen LogP contribution in [0.3, 0.4) is 0 Å². The van der Waals surface area contributed by atoms with Gasteiger partial charge < -0.3 is 10.3 Å². The average molecular weight is 406 g/mol. The maximum Gasteiger partial charge on any atom is 0.272 e. The van der Waals surface area contributed by atoms with E-state index in [1.165, 1.54) is 0 Å². The lowest BCUT2D eigenvalue weighted by Gasteiger charge is -2.13. The molecule has 4 aromatic rings. The SMILES string of the molecule is CCC(NC(=O)c1ccn(-c2ccccc2Cl)n1)c1ncc(-c2ccccc2)[nH]1. The molecule has 0 aliphatic carbocycles. The van der Waals surface area contributed by atoms with Gasteiger partial charge in [-0.1, -0.05) is 61.0 Å². The van der Waals surface area contributed by atoms with E-state index in [0.717, 1.165) is 16.9 Å². The molecule has 1 amide bonds. The monoisotopic (exact) mass is 405 g/mol. The fourth-order valence-corrected chi connectivity index (χ4v) is 3.31. The van der Waals surface area contributed by atoms with Crippen LogP contribution >= 0.6 is 11.6 Å².